The van der Waals surface area contributed by atoms with Crippen LogP contribution in [0.25, 0.3) is 0 Å². The van der Waals surface area contributed by atoms with Gasteiger partial charge < -0.3 is 0 Å². The summed E-state index contributed by atoms with van der Waals surface area (Å²) in [5, 5.41) is 0. The average molecular weight is 188 g/mol. The van der Waals surface area contributed by atoms with E-state index in [1.807, 2.05) is 0 Å². The molecule has 1 aromatic rings. The van der Waals surface area contributed by atoms with E-state index in [4.69, 9.17) is 0 Å². The van der Waals surface area contributed by atoms with Gasteiger partial charge in [0.1, 0.15) is 0 Å². The van der Waals surface area contributed by atoms with Crippen molar-refractivity contribution in [1.82, 2.24) is 0 Å². The third-order valence-corrected chi connectivity index (χ3v) is 2.64. The average Bonchev–Trinajstić information content (AvgIpc) is 2.19. The molecule has 14 heavy (non-hydrogen) atoms. The lowest BCUT2D eigenvalue weighted by atomic mass is 9.88. The molecule has 0 saturated carbocycles. The van der Waals surface area contributed by atoms with E-state index in [1.54, 1.807) is 0 Å². The molecule has 1 unspecified atom stereocenters. The summed E-state index contributed by atoms with van der Waals surface area (Å²) in [6.45, 7) is 8.45. The van der Waals surface area contributed by atoms with E-state index in [-0.39, 0.29) is 0 Å². The Kier molecular flexibility index (Phi) is 4.45. The van der Waals surface area contributed by atoms with E-state index in [9.17, 15) is 0 Å². The zero-order valence-electron chi connectivity index (χ0n) is 9.29. The van der Waals surface area contributed by atoms with Gasteiger partial charge in [-0.25, -0.2) is 0 Å². The molecule has 76 valence electrons. The Balaban J connectivity index is 2.73. The highest BCUT2D eigenvalue weighted by atomic mass is 14.1. The second-order valence-corrected chi connectivity index (χ2v) is 3.95. The number of allylic oxidation sites excluding steroid dienone is 1. The first kappa shape index (κ1) is 11.0. The van der Waals surface area contributed by atoms with Gasteiger partial charge in [-0.1, -0.05) is 62.2 Å². The van der Waals surface area contributed by atoms with Crippen molar-refractivity contribution in [2.75, 3.05) is 0 Å². The molecule has 1 atom stereocenters. The predicted molar refractivity (Wildman–Crippen MR) is 63.5 cm³/mol. The zero-order valence-corrected chi connectivity index (χ0v) is 9.29. The van der Waals surface area contributed by atoms with Crippen molar-refractivity contribution in [1.29, 1.82) is 0 Å². The highest BCUT2D eigenvalue weighted by Crippen LogP contribution is 2.27. The minimum absolute atomic E-state index is 0.552. The first-order valence-corrected chi connectivity index (χ1v) is 5.46. The molecule has 0 aliphatic carbocycles. The summed E-state index contributed by atoms with van der Waals surface area (Å²) in [7, 11) is 0. The van der Waals surface area contributed by atoms with Crippen molar-refractivity contribution in [3.63, 3.8) is 0 Å². The van der Waals surface area contributed by atoms with E-state index in [0.717, 1.165) is 0 Å². The summed E-state index contributed by atoms with van der Waals surface area (Å²) in [5.74, 6) is 0.552. The molecule has 0 heteroatoms. The number of benzene rings is 1. The van der Waals surface area contributed by atoms with Gasteiger partial charge in [0, 0.05) is 5.92 Å². The van der Waals surface area contributed by atoms with Crippen LogP contribution in [-0.2, 0) is 0 Å². The highest BCUT2D eigenvalue weighted by Gasteiger charge is 2.10. The van der Waals surface area contributed by atoms with Gasteiger partial charge in [-0.05, 0) is 18.9 Å². The van der Waals surface area contributed by atoms with Crippen LogP contribution in [0.1, 0.15) is 44.6 Å². The third kappa shape index (κ3) is 3.02. The predicted octanol–water partition coefficient (Wildman–Crippen LogP) is 4.54. The zero-order chi connectivity index (χ0) is 10.4. The quantitative estimate of drug-likeness (QED) is 0.595. The van der Waals surface area contributed by atoms with Crippen LogP contribution >= 0.6 is 0 Å². The molecule has 1 rings (SSSR count). The van der Waals surface area contributed by atoms with E-state index in [1.165, 1.54) is 30.4 Å². The van der Waals surface area contributed by atoms with Crippen LogP contribution in [-0.4, -0.2) is 0 Å². The van der Waals surface area contributed by atoms with Crippen LogP contribution in [0.4, 0.5) is 0 Å². The Labute approximate surface area is 87.7 Å². The molecule has 0 saturated heterocycles. The Morgan fingerprint density at radius 3 is 2.43 bits per heavy atom. The summed E-state index contributed by atoms with van der Waals surface area (Å²) in [6.07, 6.45) is 3.78. The molecule has 0 nitrogen and oxygen atoms in total. The summed E-state index contributed by atoms with van der Waals surface area (Å²) >= 11 is 0. The standard InChI is InChI=1S/C14H20/c1-4-5-11-14(12(2)3)13-9-7-6-8-10-13/h6-10,14H,2,4-5,11H2,1,3H3. The van der Waals surface area contributed by atoms with Gasteiger partial charge in [-0.2, -0.15) is 0 Å². The van der Waals surface area contributed by atoms with E-state index >= 15 is 0 Å². The SMILES string of the molecule is C=C(C)C(CCCC)c1ccccc1. The number of hydrogen-bond donors (Lipinski definition) is 0. The minimum atomic E-state index is 0.552. The Hall–Kier alpha value is -1.04. The molecule has 1 aromatic carbocycles. The van der Waals surface area contributed by atoms with Gasteiger partial charge in [0.15, 0.2) is 0 Å². The second kappa shape index (κ2) is 5.64. The van der Waals surface area contributed by atoms with Crippen molar-refractivity contribution in [2.45, 2.75) is 39.0 Å². The maximum atomic E-state index is 4.08. The van der Waals surface area contributed by atoms with Gasteiger partial charge in [0.2, 0.25) is 0 Å². The smallest absolute Gasteiger partial charge is 0.00427 e. The fourth-order valence-electron chi connectivity index (χ4n) is 1.79. The van der Waals surface area contributed by atoms with Crippen LogP contribution in [0, 0.1) is 0 Å². The normalized spacial score (nSPS) is 12.4. The molecule has 0 aliphatic heterocycles. The van der Waals surface area contributed by atoms with Crippen LogP contribution in [0.3, 0.4) is 0 Å². The first-order valence-electron chi connectivity index (χ1n) is 5.46. The van der Waals surface area contributed by atoms with Gasteiger partial charge in [0.05, 0.1) is 0 Å². The highest BCUT2D eigenvalue weighted by molar-refractivity contribution is 5.26. The lowest BCUT2D eigenvalue weighted by Crippen LogP contribution is -1.99. The molecular formula is C14H20. The van der Waals surface area contributed by atoms with Crippen molar-refractivity contribution in [2.24, 2.45) is 0 Å². The Morgan fingerprint density at radius 2 is 1.93 bits per heavy atom. The summed E-state index contributed by atoms with van der Waals surface area (Å²) < 4.78 is 0. The molecule has 0 bridgehead atoms. The number of unbranched alkanes of at least 4 members (excludes halogenated alkanes) is 1. The molecule has 0 radical (unpaired) electrons. The van der Waals surface area contributed by atoms with Crippen LogP contribution in [0.2, 0.25) is 0 Å². The van der Waals surface area contributed by atoms with E-state index < -0.39 is 0 Å². The molecule has 0 aromatic heterocycles. The Morgan fingerprint density at radius 1 is 1.29 bits per heavy atom. The largest absolute Gasteiger partial charge is 0.0995 e. The van der Waals surface area contributed by atoms with Crippen LogP contribution in [0.15, 0.2) is 42.5 Å². The van der Waals surface area contributed by atoms with Crippen molar-refractivity contribution < 1.29 is 0 Å². The molecule has 0 aliphatic rings. The first-order chi connectivity index (χ1) is 6.75. The molecule has 0 spiro atoms. The second-order valence-electron chi connectivity index (χ2n) is 3.95. The van der Waals surface area contributed by atoms with E-state index in [2.05, 4.69) is 50.8 Å². The van der Waals surface area contributed by atoms with Crippen LogP contribution in [0.5, 0.6) is 0 Å². The topological polar surface area (TPSA) is 0 Å². The van der Waals surface area contributed by atoms with Gasteiger partial charge in [-0.15, -0.1) is 0 Å². The number of rotatable bonds is 5. The van der Waals surface area contributed by atoms with E-state index in [0.29, 0.717) is 5.92 Å². The lowest BCUT2D eigenvalue weighted by Gasteiger charge is -2.16. The van der Waals surface area contributed by atoms with Gasteiger partial charge in [-0.3, -0.25) is 0 Å². The summed E-state index contributed by atoms with van der Waals surface area (Å²) in [6, 6.07) is 10.7. The summed E-state index contributed by atoms with van der Waals surface area (Å²) in [5.41, 5.74) is 2.69. The fourth-order valence-corrected chi connectivity index (χ4v) is 1.79. The molecule has 0 heterocycles. The van der Waals surface area contributed by atoms with Crippen molar-refractivity contribution in [3.8, 4) is 0 Å². The summed E-state index contributed by atoms with van der Waals surface area (Å²) in [4.78, 5) is 0. The number of hydrogen-bond acceptors (Lipinski definition) is 0. The van der Waals surface area contributed by atoms with Crippen molar-refractivity contribution >= 4 is 0 Å². The van der Waals surface area contributed by atoms with Crippen molar-refractivity contribution in [3.05, 3.63) is 48.0 Å². The third-order valence-electron chi connectivity index (χ3n) is 2.64. The lowest BCUT2D eigenvalue weighted by molar-refractivity contribution is 0.643. The molecule has 0 amide bonds. The maximum absolute atomic E-state index is 4.08. The van der Waals surface area contributed by atoms with Crippen LogP contribution < -0.4 is 0 Å². The minimum Gasteiger partial charge on any atom is -0.0995 e. The fraction of sp³-hybridized carbons (Fsp3) is 0.429. The monoisotopic (exact) mass is 188 g/mol. The van der Waals surface area contributed by atoms with Gasteiger partial charge in [0.25, 0.3) is 0 Å². The van der Waals surface area contributed by atoms with Gasteiger partial charge >= 0.3 is 0 Å². The Bertz CT molecular complexity index is 271. The molecular weight excluding hydrogens is 168 g/mol. The molecule has 0 N–H and O–H groups in total. The maximum Gasteiger partial charge on any atom is 0.00427 e. The molecule has 0 fully saturated rings.